The van der Waals surface area contributed by atoms with Crippen LogP contribution in [0.15, 0.2) is 22.8 Å². The highest BCUT2D eigenvalue weighted by Crippen LogP contribution is 2.30. The molecule has 142 valence electrons. The van der Waals surface area contributed by atoms with Gasteiger partial charge in [-0.2, -0.15) is 10.4 Å². The normalized spacial score (nSPS) is 19.5. The van der Waals surface area contributed by atoms with Crippen molar-refractivity contribution < 1.29 is 19.0 Å². The number of ether oxygens (including phenoxy) is 1. The lowest BCUT2D eigenvalue weighted by Gasteiger charge is -2.26. The number of aliphatic hydroxyl groups excluding tert-OH is 1. The molecule has 1 aromatic heterocycles. The average Bonchev–Trinajstić information content (AvgIpc) is 3.08. The molecule has 0 saturated carbocycles. The molecule has 1 fully saturated rings. The first-order chi connectivity index (χ1) is 12.9. The van der Waals surface area contributed by atoms with Crippen LogP contribution in [0.3, 0.4) is 0 Å². The predicted molar refractivity (Wildman–Crippen MR) is 97.6 cm³/mol. The minimum atomic E-state index is -0.714. The maximum absolute atomic E-state index is 14.0. The van der Waals surface area contributed by atoms with E-state index < -0.39 is 11.7 Å². The van der Waals surface area contributed by atoms with Crippen LogP contribution in [-0.2, 0) is 11.3 Å². The summed E-state index contributed by atoms with van der Waals surface area (Å²) in [6.45, 7) is 0.415. The summed E-state index contributed by atoms with van der Waals surface area (Å²) in [5.74, 6) is -1.46. The number of amides is 1. The van der Waals surface area contributed by atoms with Gasteiger partial charge in [-0.05, 0) is 40.0 Å². The number of nitrogens with zero attached hydrogens (tertiary/aromatic N) is 3. The average molecular weight is 438 g/mol. The third-order valence-electron chi connectivity index (χ3n) is 4.37. The molecule has 10 heteroatoms. The van der Waals surface area contributed by atoms with E-state index in [1.165, 1.54) is 23.0 Å². The second-order valence-corrected chi connectivity index (χ2v) is 6.91. The van der Waals surface area contributed by atoms with E-state index in [0.717, 1.165) is 0 Å². The lowest BCUT2D eigenvalue weighted by molar-refractivity contribution is 0.0342. The van der Waals surface area contributed by atoms with Gasteiger partial charge in [-0.25, -0.2) is 4.39 Å². The highest BCUT2D eigenvalue weighted by Gasteiger charge is 2.29. The second-order valence-electron chi connectivity index (χ2n) is 6.12. The molecule has 3 rings (SSSR count). The summed E-state index contributed by atoms with van der Waals surface area (Å²) in [5.41, 5.74) is 6.17. The highest BCUT2D eigenvalue weighted by molar-refractivity contribution is 9.10. The number of halogens is 2. The van der Waals surface area contributed by atoms with Gasteiger partial charge in [0.05, 0.1) is 35.7 Å². The maximum atomic E-state index is 14.0. The number of rotatable bonds is 5. The number of carbonyl (C=O) groups excluding carboxylic acids is 1. The number of carbonyl (C=O) groups is 1. The Morgan fingerprint density at radius 2 is 2.37 bits per heavy atom. The van der Waals surface area contributed by atoms with Crippen LogP contribution in [0, 0.1) is 23.1 Å². The third kappa shape index (κ3) is 3.95. The second kappa shape index (κ2) is 8.04. The zero-order valence-electron chi connectivity index (χ0n) is 14.2. The molecule has 1 aliphatic rings. The van der Waals surface area contributed by atoms with Crippen molar-refractivity contribution in [3.63, 3.8) is 0 Å². The molecule has 0 spiro atoms. The predicted octanol–water partition coefficient (Wildman–Crippen LogP) is 2.22. The van der Waals surface area contributed by atoms with E-state index in [2.05, 4.69) is 32.4 Å². The van der Waals surface area contributed by atoms with Crippen LogP contribution in [0.4, 0.5) is 15.9 Å². The molecule has 1 unspecified atom stereocenters. The third-order valence-corrected chi connectivity index (χ3v) is 5.25. The number of nitriles is 1. The van der Waals surface area contributed by atoms with Crippen LogP contribution in [0.1, 0.15) is 28.4 Å². The van der Waals surface area contributed by atoms with Crippen LogP contribution in [-0.4, -0.2) is 34.0 Å². The van der Waals surface area contributed by atoms with E-state index >= 15 is 0 Å². The summed E-state index contributed by atoms with van der Waals surface area (Å²) in [4.78, 5) is 11.8. The van der Waals surface area contributed by atoms with Gasteiger partial charge in [0.25, 0.3) is 5.91 Å². The van der Waals surface area contributed by atoms with E-state index in [0.29, 0.717) is 30.9 Å². The Labute approximate surface area is 162 Å². The lowest BCUT2D eigenvalue weighted by atomic mass is 9.97. The van der Waals surface area contributed by atoms with Gasteiger partial charge in [-0.15, -0.1) is 0 Å². The van der Waals surface area contributed by atoms with Crippen LogP contribution < -0.4 is 11.1 Å². The summed E-state index contributed by atoms with van der Waals surface area (Å²) < 4.78 is 21.1. The van der Waals surface area contributed by atoms with Gasteiger partial charge in [0.2, 0.25) is 0 Å². The fourth-order valence-electron chi connectivity index (χ4n) is 2.94. The molecule has 2 heterocycles. The number of anilines is 2. The molecule has 2 atom stereocenters. The van der Waals surface area contributed by atoms with Crippen molar-refractivity contribution in [3.05, 3.63) is 39.7 Å². The zero-order valence-corrected chi connectivity index (χ0v) is 15.7. The first-order valence-corrected chi connectivity index (χ1v) is 8.96. The van der Waals surface area contributed by atoms with Crippen LogP contribution in [0.5, 0.6) is 0 Å². The molecule has 27 heavy (non-hydrogen) atoms. The van der Waals surface area contributed by atoms with Crippen molar-refractivity contribution >= 4 is 33.3 Å². The maximum Gasteiger partial charge on any atom is 0.254 e. The minimum Gasteiger partial charge on any atom is -0.392 e. The first kappa shape index (κ1) is 19.3. The zero-order chi connectivity index (χ0) is 19.6. The monoisotopic (exact) mass is 437 g/mol. The van der Waals surface area contributed by atoms with Gasteiger partial charge in [0.15, 0.2) is 5.82 Å². The van der Waals surface area contributed by atoms with Gasteiger partial charge in [0.1, 0.15) is 11.4 Å². The number of aromatic nitrogens is 2. The largest absolute Gasteiger partial charge is 0.392 e. The number of aliphatic hydroxyl groups is 1. The summed E-state index contributed by atoms with van der Waals surface area (Å²) in [7, 11) is 0. The molecule has 1 saturated heterocycles. The van der Waals surface area contributed by atoms with Gasteiger partial charge in [-0.1, -0.05) is 0 Å². The molecule has 1 aromatic carbocycles. The van der Waals surface area contributed by atoms with Crippen molar-refractivity contribution in [2.75, 3.05) is 18.5 Å². The first-order valence-electron chi connectivity index (χ1n) is 8.16. The molecule has 1 amide bonds. The van der Waals surface area contributed by atoms with E-state index in [9.17, 15) is 19.6 Å². The number of benzene rings is 1. The standard InChI is InChI=1S/C17H17BrFN5O3/c18-15-10(7-25)3-11(4-13(15)19)22-17-12(16(21)26)6-24(23-17)14-8-27-2-1-9(14)5-20/h3-4,6,9,14,25H,1-2,7-8H2,(H2,21,26)(H,22,23)/t9?,14-/m0/s1. The molecule has 1 aliphatic heterocycles. The van der Waals surface area contributed by atoms with Crippen molar-refractivity contribution in [3.8, 4) is 6.07 Å². The quantitative estimate of drug-likeness (QED) is 0.657. The molecule has 4 N–H and O–H groups in total. The Hall–Kier alpha value is -2.48. The Morgan fingerprint density at radius 3 is 3.04 bits per heavy atom. The van der Waals surface area contributed by atoms with E-state index in [-0.39, 0.29) is 34.4 Å². The summed E-state index contributed by atoms with van der Waals surface area (Å²) in [5, 5.41) is 25.9. The summed E-state index contributed by atoms with van der Waals surface area (Å²) in [6, 6.07) is 4.60. The molecular formula is C17H17BrFN5O3. The van der Waals surface area contributed by atoms with Crippen LogP contribution in [0.2, 0.25) is 0 Å². The fourth-order valence-corrected chi connectivity index (χ4v) is 3.29. The van der Waals surface area contributed by atoms with E-state index in [1.54, 1.807) is 0 Å². The number of primary amides is 1. The lowest BCUT2D eigenvalue weighted by Crippen LogP contribution is -2.29. The molecule has 8 nitrogen and oxygen atoms in total. The molecule has 2 aromatic rings. The van der Waals surface area contributed by atoms with Crippen molar-refractivity contribution in [1.29, 1.82) is 5.26 Å². The van der Waals surface area contributed by atoms with Gasteiger partial charge >= 0.3 is 0 Å². The Morgan fingerprint density at radius 1 is 1.59 bits per heavy atom. The van der Waals surface area contributed by atoms with E-state index in [4.69, 9.17) is 10.5 Å². The molecule has 0 aliphatic carbocycles. The van der Waals surface area contributed by atoms with Crippen LogP contribution in [0.25, 0.3) is 0 Å². The van der Waals surface area contributed by atoms with Crippen molar-refractivity contribution in [2.24, 2.45) is 11.7 Å². The molecule has 0 bridgehead atoms. The number of hydrogen-bond donors (Lipinski definition) is 3. The minimum absolute atomic E-state index is 0.103. The van der Waals surface area contributed by atoms with Crippen LogP contribution >= 0.6 is 15.9 Å². The Bertz CT molecular complexity index is 911. The van der Waals surface area contributed by atoms with E-state index in [1.807, 2.05) is 0 Å². The van der Waals surface area contributed by atoms with Crippen molar-refractivity contribution in [2.45, 2.75) is 19.1 Å². The SMILES string of the molecule is N#CC1CCOC[C@@H]1n1cc(C(N)=O)c(Nc2cc(F)c(Br)c(CO)c2)n1. The molecule has 0 radical (unpaired) electrons. The fraction of sp³-hybridized carbons (Fsp3) is 0.353. The smallest absolute Gasteiger partial charge is 0.254 e. The van der Waals surface area contributed by atoms with Gasteiger partial charge < -0.3 is 20.9 Å². The Balaban J connectivity index is 1.96. The van der Waals surface area contributed by atoms with Gasteiger partial charge in [0, 0.05) is 18.5 Å². The summed E-state index contributed by atoms with van der Waals surface area (Å²) in [6.07, 6.45) is 2.02. The van der Waals surface area contributed by atoms with Crippen molar-refractivity contribution in [1.82, 2.24) is 9.78 Å². The number of nitrogens with two attached hydrogens (primary N) is 1. The topological polar surface area (TPSA) is 126 Å². The highest BCUT2D eigenvalue weighted by atomic mass is 79.9. The number of nitrogens with one attached hydrogen (secondary N) is 1. The van der Waals surface area contributed by atoms with Gasteiger partial charge in [-0.3, -0.25) is 9.48 Å². The summed E-state index contributed by atoms with van der Waals surface area (Å²) >= 11 is 3.07. The molecular weight excluding hydrogens is 421 g/mol. The Kier molecular flexibility index (Phi) is 5.74. The number of hydrogen-bond acceptors (Lipinski definition) is 6.